The monoisotopic (exact) mass is 515 g/mol. The molecule has 1 unspecified atom stereocenters. The zero-order chi connectivity index (χ0) is 26.2. The van der Waals surface area contributed by atoms with Crippen molar-refractivity contribution in [1.82, 2.24) is 10.3 Å². The highest BCUT2D eigenvalue weighted by Crippen LogP contribution is 2.30. The van der Waals surface area contributed by atoms with Crippen molar-refractivity contribution < 1.29 is 31.1 Å². The summed E-state index contributed by atoms with van der Waals surface area (Å²) in [6.45, 7) is 5.65. The molecule has 194 valence electrons. The van der Waals surface area contributed by atoms with Crippen molar-refractivity contribution in [2.24, 2.45) is 0 Å². The molecule has 2 aromatic rings. The maximum atomic E-state index is 13.1. The van der Waals surface area contributed by atoms with Gasteiger partial charge < -0.3 is 10.1 Å². The van der Waals surface area contributed by atoms with Crippen LogP contribution in [-0.2, 0) is 27.5 Å². The van der Waals surface area contributed by atoms with Crippen LogP contribution in [0.5, 0.6) is 5.88 Å². The van der Waals surface area contributed by atoms with Crippen LogP contribution in [0.2, 0.25) is 0 Å². The maximum Gasteiger partial charge on any atom is 0.433 e. The predicted octanol–water partition coefficient (Wildman–Crippen LogP) is 5.16. The molecule has 0 aliphatic rings. The Morgan fingerprint density at radius 2 is 1.86 bits per heavy atom. The number of alkyl halides is 3. The number of rotatable bonds is 12. The highest BCUT2D eigenvalue weighted by molar-refractivity contribution is 7.92. The number of halogens is 3. The van der Waals surface area contributed by atoms with Gasteiger partial charge in [-0.3, -0.25) is 9.52 Å². The van der Waals surface area contributed by atoms with E-state index in [1.165, 1.54) is 6.07 Å². The molecule has 2 N–H and O–H groups in total. The number of hydrogen-bond donors (Lipinski definition) is 2. The van der Waals surface area contributed by atoms with E-state index in [-0.39, 0.29) is 24.9 Å². The average Bonchev–Trinajstić information content (AvgIpc) is 2.77. The summed E-state index contributed by atoms with van der Waals surface area (Å²) in [6.07, 6.45) is 0.0656. The van der Waals surface area contributed by atoms with Crippen molar-refractivity contribution in [1.29, 1.82) is 0 Å². The summed E-state index contributed by atoms with van der Waals surface area (Å²) in [5.41, 5.74) is 1.02. The number of nitrogens with one attached hydrogen (secondary N) is 2. The number of pyridine rings is 1. The molecule has 1 atom stereocenters. The van der Waals surface area contributed by atoms with Crippen LogP contribution in [0.4, 0.5) is 18.9 Å². The van der Waals surface area contributed by atoms with Crippen molar-refractivity contribution in [3.05, 3.63) is 52.7 Å². The molecular formula is C24H32F3N3O4S. The van der Waals surface area contributed by atoms with Gasteiger partial charge in [-0.05, 0) is 49.6 Å². The number of sulfonamides is 1. The van der Waals surface area contributed by atoms with Crippen LogP contribution in [0.3, 0.4) is 0 Å². The zero-order valence-electron chi connectivity index (χ0n) is 20.3. The average molecular weight is 516 g/mol. The Kier molecular flexibility index (Phi) is 9.93. The molecule has 0 fully saturated rings. The summed E-state index contributed by atoms with van der Waals surface area (Å²) in [5, 5.41) is 2.73. The van der Waals surface area contributed by atoms with Gasteiger partial charge in [-0.25, -0.2) is 13.4 Å². The molecule has 1 aromatic carbocycles. The smallest absolute Gasteiger partial charge is 0.433 e. The number of carbonyl (C=O) groups is 1. The molecule has 35 heavy (non-hydrogen) atoms. The topological polar surface area (TPSA) is 97.4 Å². The minimum absolute atomic E-state index is 0.0503. The number of amides is 1. The lowest BCUT2D eigenvalue weighted by molar-refractivity contribution is -0.141. The molecule has 1 amide bonds. The summed E-state index contributed by atoms with van der Waals surface area (Å²) >= 11 is 0. The fourth-order valence-electron chi connectivity index (χ4n) is 3.34. The Morgan fingerprint density at radius 1 is 1.14 bits per heavy atom. The summed E-state index contributed by atoms with van der Waals surface area (Å²) in [7, 11) is -3.43. The van der Waals surface area contributed by atoms with Crippen molar-refractivity contribution in [2.45, 2.75) is 65.1 Å². The first kappa shape index (κ1) is 28.4. The van der Waals surface area contributed by atoms with Gasteiger partial charge >= 0.3 is 6.18 Å². The first-order valence-electron chi connectivity index (χ1n) is 11.4. The van der Waals surface area contributed by atoms with E-state index < -0.39 is 27.8 Å². The normalized spacial score (nSPS) is 12.8. The number of anilines is 1. The lowest BCUT2D eigenvalue weighted by atomic mass is 9.97. The van der Waals surface area contributed by atoms with E-state index in [9.17, 15) is 26.4 Å². The fraction of sp³-hybridized carbons (Fsp3) is 0.500. The molecule has 7 nitrogen and oxygen atoms in total. The quantitative estimate of drug-likeness (QED) is 0.381. The van der Waals surface area contributed by atoms with Crippen LogP contribution in [0.25, 0.3) is 0 Å². The largest absolute Gasteiger partial charge is 0.477 e. The zero-order valence-corrected chi connectivity index (χ0v) is 21.1. The van der Waals surface area contributed by atoms with Crippen LogP contribution < -0.4 is 14.8 Å². The first-order valence-corrected chi connectivity index (χ1v) is 13.3. The van der Waals surface area contributed by atoms with Gasteiger partial charge in [0.25, 0.3) is 0 Å². The summed E-state index contributed by atoms with van der Waals surface area (Å²) in [4.78, 5) is 16.4. The summed E-state index contributed by atoms with van der Waals surface area (Å²) in [5.74, 6) is -1.07. The second-order valence-electron chi connectivity index (χ2n) is 8.46. The molecule has 0 aliphatic heterocycles. The van der Waals surface area contributed by atoms with Crippen LogP contribution >= 0.6 is 0 Å². The minimum Gasteiger partial charge on any atom is -0.477 e. The molecule has 2 rings (SSSR count). The van der Waals surface area contributed by atoms with Gasteiger partial charge in [0.2, 0.25) is 21.8 Å². The number of nitrogens with zero attached hydrogens (tertiary/aromatic N) is 1. The molecule has 0 radical (unpaired) electrons. The molecule has 0 aliphatic carbocycles. The van der Waals surface area contributed by atoms with E-state index in [4.69, 9.17) is 4.74 Å². The van der Waals surface area contributed by atoms with Gasteiger partial charge in [-0.15, -0.1) is 0 Å². The Bertz CT molecular complexity index is 1120. The van der Waals surface area contributed by atoms with Gasteiger partial charge in [0.05, 0.1) is 24.5 Å². The predicted molar refractivity (Wildman–Crippen MR) is 129 cm³/mol. The minimum atomic E-state index is -4.60. The lowest BCUT2D eigenvalue weighted by Gasteiger charge is -2.17. The Balaban J connectivity index is 2.10. The highest BCUT2D eigenvalue weighted by Gasteiger charge is 2.33. The second kappa shape index (κ2) is 12.2. The third-order valence-electron chi connectivity index (χ3n) is 5.36. The van der Waals surface area contributed by atoms with Crippen molar-refractivity contribution in [3.63, 3.8) is 0 Å². The number of carbonyl (C=O) groups excluding carboxylic acids is 1. The number of aryl methyl sites for hydroxylation is 1. The van der Waals surface area contributed by atoms with Crippen LogP contribution in [0.15, 0.2) is 30.3 Å². The number of ether oxygens (including phenoxy) is 1. The van der Waals surface area contributed by atoms with E-state index in [0.717, 1.165) is 31.6 Å². The molecule has 1 heterocycles. The standard InChI is InChI=1S/C24H32F3N3O4S/c1-5-6-7-8-13-34-23-19(10-12-21(29-23)24(25,26)27)15-28-22(31)17(3)18-9-11-20(16(2)14-18)30-35(4,32)33/h9-12,14,17,30H,5-8,13,15H2,1-4H3,(H,28,31). The molecule has 0 spiro atoms. The molecule has 1 aromatic heterocycles. The third-order valence-corrected chi connectivity index (χ3v) is 5.95. The summed E-state index contributed by atoms with van der Waals surface area (Å²) < 4.78 is 70.3. The Hall–Kier alpha value is -2.82. The van der Waals surface area contributed by atoms with Crippen LogP contribution in [0.1, 0.15) is 67.8 Å². The Labute approximate surface area is 204 Å². The van der Waals surface area contributed by atoms with Gasteiger partial charge in [0, 0.05) is 12.1 Å². The molecular weight excluding hydrogens is 483 g/mol. The van der Waals surface area contributed by atoms with E-state index in [1.54, 1.807) is 32.0 Å². The second-order valence-corrected chi connectivity index (χ2v) is 10.2. The molecule has 0 bridgehead atoms. The van der Waals surface area contributed by atoms with Gasteiger partial charge in [0.15, 0.2) is 0 Å². The lowest BCUT2D eigenvalue weighted by Crippen LogP contribution is -2.28. The van der Waals surface area contributed by atoms with Crippen molar-refractivity contribution >= 4 is 21.6 Å². The van der Waals surface area contributed by atoms with Crippen LogP contribution in [0, 0.1) is 6.92 Å². The van der Waals surface area contributed by atoms with Gasteiger partial charge in [-0.1, -0.05) is 38.3 Å². The molecule has 0 saturated heterocycles. The fourth-order valence-corrected chi connectivity index (χ4v) is 3.97. The number of unbranched alkanes of at least 4 members (excludes halogenated alkanes) is 3. The SMILES string of the molecule is CCCCCCOc1nc(C(F)(F)F)ccc1CNC(=O)C(C)c1ccc(NS(C)(=O)=O)c(C)c1. The summed E-state index contributed by atoms with van der Waals surface area (Å²) in [6, 6.07) is 7.07. The van der Waals surface area contributed by atoms with Crippen molar-refractivity contribution in [3.8, 4) is 5.88 Å². The van der Waals surface area contributed by atoms with Crippen molar-refractivity contribution in [2.75, 3.05) is 17.6 Å². The van der Waals surface area contributed by atoms with E-state index >= 15 is 0 Å². The number of aromatic nitrogens is 1. The van der Waals surface area contributed by atoms with Gasteiger partial charge in [0.1, 0.15) is 5.69 Å². The number of hydrogen-bond acceptors (Lipinski definition) is 5. The number of benzene rings is 1. The molecule has 0 saturated carbocycles. The van der Waals surface area contributed by atoms with E-state index in [0.29, 0.717) is 28.8 Å². The third kappa shape index (κ3) is 9.04. The first-order chi connectivity index (χ1) is 16.3. The maximum absolute atomic E-state index is 13.1. The van der Waals surface area contributed by atoms with Crippen LogP contribution in [-0.4, -0.2) is 32.2 Å². The Morgan fingerprint density at radius 3 is 2.46 bits per heavy atom. The molecule has 11 heteroatoms. The van der Waals surface area contributed by atoms with E-state index in [2.05, 4.69) is 21.9 Å². The van der Waals surface area contributed by atoms with E-state index in [1.807, 2.05) is 0 Å². The van der Waals surface area contributed by atoms with Gasteiger partial charge in [-0.2, -0.15) is 13.2 Å². The highest BCUT2D eigenvalue weighted by atomic mass is 32.2.